The van der Waals surface area contributed by atoms with Crippen LogP contribution in [0.15, 0.2) is 36.4 Å². The zero-order valence-corrected chi connectivity index (χ0v) is 11.4. The van der Waals surface area contributed by atoms with Crippen LogP contribution in [-0.4, -0.2) is 4.92 Å². The van der Waals surface area contributed by atoms with E-state index in [1.807, 2.05) is 0 Å². The van der Waals surface area contributed by atoms with E-state index in [4.69, 9.17) is 11.6 Å². The van der Waals surface area contributed by atoms with Crippen molar-refractivity contribution in [3.63, 3.8) is 0 Å². The fourth-order valence-corrected chi connectivity index (χ4v) is 2.01. The van der Waals surface area contributed by atoms with Gasteiger partial charge < -0.3 is 5.32 Å². The molecule has 4 nitrogen and oxygen atoms in total. The van der Waals surface area contributed by atoms with Gasteiger partial charge in [0, 0.05) is 18.2 Å². The van der Waals surface area contributed by atoms with Gasteiger partial charge in [-0.15, -0.1) is 0 Å². The molecular weight excluding hydrogens is 283 g/mol. The second-order valence-corrected chi connectivity index (χ2v) is 4.75. The van der Waals surface area contributed by atoms with Gasteiger partial charge in [0.15, 0.2) is 0 Å². The lowest BCUT2D eigenvalue weighted by atomic mass is 10.1. The third-order valence-corrected chi connectivity index (χ3v) is 3.14. The van der Waals surface area contributed by atoms with Crippen molar-refractivity contribution in [1.82, 2.24) is 0 Å². The van der Waals surface area contributed by atoms with Gasteiger partial charge in [0.2, 0.25) is 0 Å². The molecule has 0 atom stereocenters. The van der Waals surface area contributed by atoms with Gasteiger partial charge in [-0.25, -0.2) is 4.39 Å². The minimum Gasteiger partial charge on any atom is -0.375 e. The van der Waals surface area contributed by atoms with E-state index in [2.05, 4.69) is 5.32 Å². The molecule has 0 unspecified atom stereocenters. The average molecular weight is 295 g/mol. The Hall–Kier alpha value is -2.14. The molecule has 0 aliphatic heterocycles. The first-order chi connectivity index (χ1) is 9.49. The number of benzene rings is 2. The van der Waals surface area contributed by atoms with Crippen molar-refractivity contribution in [3.05, 3.63) is 68.5 Å². The number of halogens is 2. The van der Waals surface area contributed by atoms with Crippen LogP contribution in [0, 0.1) is 22.9 Å². The van der Waals surface area contributed by atoms with Crippen molar-refractivity contribution in [2.24, 2.45) is 0 Å². The molecule has 0 aromatic heterocycles. The quantitative estimate of drug-likeness (QED) is 0.675. The second kappa shape index (κ2) is 5.88. The van der Waals surface area contributed by atoms with Crippen LogP contribution in [0.3, 0.4) is 0 Å². The summed E-state index contributed by atoms with van der Waals surface area (Å²) < 4.78 is 13.7. The molecule has 1 N–H and O–H groups in total. The summed E-state index contributed by atoms with van der Waals surface area (Å²) in [6.45, 7) is 1.89. The highest BCUT2D eigenvalue weighted by Crippen LogP contribution is 2.26. The molecule has 2 aromatic carbocycles. The third-order valence-electron chi connectivity index (χ3n) is 2.85. The molecule has 0 radical (unpaired) electrons. The highest BCUT2D eigenvalue weighted by atomic mass is 35.5. The fraction of sp³-hybridized carbons (Fsp3) is 0.143. The summed E-state index contributed by atoms with van der Waals surface area (Å²) in [5, 5.41) is 13.9. The lowest BCUT2D eigenvalue weighted by Crippen LogP contribution is -2.04. The summed E-state index contributed by atoms with van der Waals surface area (Å²) in [7, 11) is 0. The van der Waals surface area contributed by atoms with E-state index in [0.29, 0.717) is 11.3 Å². The number of hydrogen-bond donors (Lipinski definition) is 1. The van der Waals surface area contributed by atoms with Gasteiger partial charge in [-0.05, 0) is 24.6 Å². The monoisotopic (exact) mass is 294 g/mol. The number of nitrogens with one attached hydrogen (secondary N) is 1. The number of hydrogen-bond acceptors (Lipinski definition) is 3. The maximum Gasteiger partial charge on any atom is 0.292 e. The SMILES string of the molecule is Cc1ccc(NCc2cccc(Cl)c2F)c([N+](=O)[O-])c1. The summed E-state index contributed by atoms with van der Waals surface area (Å²) in [6.07, 6.45) is 0. The molecule has 104 valence electrons. The molecule has 0 bridgehead atoms. The van der Waals surface area contributed by atoms with Gasteiger partial charge in [-0.2, -0.15) is 0 Å². The van der Waals surface area contributed by atoms with Crippen LogP contribution >= 0.6 is 11.6 Å². The third kappa shape index (κ3) is 3.05. The highest BCUT2D eigenvalue weighted by molar-refractivity contribution is 6.30. The Labute approximate surface area is 120 Å². The van der Waals surface area contributed by atoms with Crippen LogP contribution in [0.1, 0.15) is 11.1 Å². The van der Waals surface area contributed by atoms with E-state index in [0.717, 1.165) is 5.56 Å². The van der Waals surface area contributed by atoms with Crippen LogP contribution in [0.4, 0.5) is 15.8 Å². The average Bonchev–Trinajstić information content (AvgIpc) is 2.41. The number of nitro benzene ring substituents is 1. The van der Waals surface area contributed by atoms with Crippen molar-refractivity contribution in [2.45, 2.75) is 13.5 Å². The fourth-order valence-electron chi connectivity index (χ4n) is 1.82. The predicted octanol–water partition coefficient (Wildman–Crippen LogP) is 4.31. The minimum atomic E-state index is -0.517. The van der Waals surface area contributed by atoms with Gasteiger partial charge in [0.05, 0.1) is 9.95 Å². The number of rotatable bonds is 4. The maximum atomic E-state index is 13.7. The van der Waals surface area contributed by atoms with Crippen LogP contribution in [0.5, 0.6) is 0 Å². The van der Waals surface area contributed by atoms with Gasteiger partial charge in [0.1, 0.15) is 11.5 Å². The van der Waals surface area contributed by atoms with E-state index in [-0.39, 0.29) is 17.3 Å². The molecule has 0 spiro atoms. The summed E-state index contributed by atoms with van der Waals surface area (Å²) in [4.78, 5) is 10.5. The molecule has 0 saturated heterocycles. The van der Waals surface area contributed by atoms with Gasteiger partial charge in [0.25, 0.3) is 5.69 Å². The first kappa shape index (κ1) is 14.3. The van der Waals surface area contributed by atoms with E-state index in [9.17, 15) is 14.5 Å². The number of aryl methyl sites for hydroxylation is 1. The van der Waals surface area contributed by atoms with Crippen LogP contribution in [-0.2, 0) is 6.54 Å². The largest absolute Gasteiger partial charge is 0.375 e. The lowest BCUT2D eigenvalue weighted by Gasteiger charge is -2.09. The first-order valence-electron chi connectivity index (χ1n) is 5.91. The van der Waals surface area contributed by atoms with Crippen LogP contribution in [0.25, 0.3) is 0 Å². The van der Waals surface area contributed by atoms with E-state index >= 15 is 0 Å². The van der Waals surface area contributed by atoms with Gasteiger partial charge in [-0.1, -0.05) is 29.8 Å². The van der Waals surface area contributed by atoms with Gasteiger partial charge in [-0.3, -0.25) is 10.1 Å². The first-order valence-corrected chi connectivity index (χ1v) is 6.28. The van der Waals surface area contributed by atoms with Crippen molar-refractivity contribution in [2.75, 3.05) is 5.32 Å². The van der Waals surface area contributed by atoms with Crippen molar-refractivity contribution >= 4 is 23.0 Å². The Kier molecular flexibility index (Phi) is 4.20. The molecule has 20 heavy (non-hydrogen) atoms. The second-order valence-electron chi connectivity index (χ2n) is 4.34. The maximum absolute atomic E-state index is 13.7. The van der Waals surface area contributed by atoms with Gasteiger partial charge >= 0.3 is 0 Å². The Bertz CT molecular complexity index is 662. The van der Waals surface area contributed by atoms with E-state index < -0.39 is 10.7 Å². The molecule has 0 aliphatic carbocycles. The molecule has 0 amide bonds. The number of nitro groups is 1. The zero-order chi connectivity index (χ0) is 14.7. The van der Waals surface area contributed by atoms with Crippen molar-refractivity contribution < 1.29 is 9.31 Å². The Morgan fingerprint density at radius 2 is 2.10 bits per heavy atom. The van der Waals surface area contributed by atoms with Crippen molar-refractivity contribution in [3.8, 4) is 0 Å². The molecule has 6 heteroatoms. The minimum absolute atomic E-state index is 0.0303. The summed E-state index contributed by atoms with van der Waals surface area (Å²) in [6, 6.07) is 9.49. The molecule has 0 fully saturated rings. The van der Waals surface area contributed by atoms with Crippen molar-refractivity contribution in [1.29, 1.82) is 0 Å². The standard InChI is InChI=1S/C14H12ClFN2O2/c1-9-5-6-12(13(7-9)18(19)20)17-8-10-3-2-4-11(15)14(10)16/h2-7,17H,8H2,1H3. The van der Waals surface area contributed by atoms with E-state index in [1.54, 1.807) is 31.2 Å². The molecular formula is C14H12ClFN2O2. The molecule has 0 heterocycles. The smallest absolute Gasteiger partial charge is 0.292 e. The Balaban J connectivity index is 2.23. The number of nitrogens with zero attached hydrogens (tertiary/aromatic N) is 1. The molecule has 0 saturated carbocycles. The Morgan fingerprint density at radius 1 is 1.35 bits per heavy atom. The number of anilines is 1. The molecule has 2 aromatic rings. The predicted molar refractivity (Wildman–Crippen MR) is 76.6 cm³/mol. The summed E-state index contributed by atoms with van der Waals surface area (Å²) >= 11 is 5.69. The normalized spacial score (nSPS) is 10.3. The summed E-state index contributed by atoms with van der Waals surface area (Å²) in [5.74, 6) is -0.517. The Morgan fingerprint density at radius 3 is 2.80 bits per heavy atom. The lowest BCUT2D eigenvalue weighted by molar-refractivity contribution is -0.384. The zero-order valence-electron chi connectivity index (χ0n) is 10.7. The van der Waals surface area contributed by atoms with Crippen LogP contribution in [0.2, 0.25) is 5.02 Å². The molecule has 0 aliphatic rings. The highest BCUT2D eigenvalue weighted by Gasteiger charge is 2.14. The topological polar surface area (TPSA) is 55.2 Å². The van der Waals surface area contributed by atoms with E-state index in [1.165, 1.54) is 12.1 Å². The summed E-state index contributed by atoms with van der Waals surface area (Å²) in [5.41, 5.74) is 1.45. The molecule has 2 rings (SSSR count). The van der Waals surface area contributed by atoms with Crippen LogP contribution < -0.4 is 5.32 Å².